The third-order valence-corrected chi connectivity index (χ3v) is 2.63. The van der Waals surface area contributed by atoms with Crippen LogP contribution in [0.15, 0.2) is 36.9 Å². The Hall–Kier alpha value is -2.70. The predicted molar refractivity (Wildman–Crippen MR) is 66.8 cm³/mol. The molecule has 7 heteroatoms. The number of hydrogen-bond donors (Lipinski definition) is 2. The van der Waals surface area contributed by atoms with Gasteiger partial charge in [-0.3, -0.25) is 4.79 Å². The van der Waals surface area contributed by atoms with Gasteiger partial charge in [0.15, 0.2) is 0 Å². The molecule has 0 saturated carbocycles. The lowest BCUT2D eigenvalue weighted by molar-refractivity contribution is -0.119. The molecule has 0 fully saturated rings. The van der Waals surface area contributed by atoms with Gasteiger partial charge in [0.05, 0.1) is 11.3 Å². The number of carboxylic acid groups (broad SMARTS) is 1. The number of para-hydroxylation sites is 1. The van der Waals surface area contributed by atoms with Crippen LogP contribution in [-0.2, 0) is 4.79 Å². The second-order valence-corrected chi connectivity index (χ2v) is 3.89. The van der Waals surface area contributed by atoms with E-state index in [1.165, 1.54) is 29.5 Å². The molecule has 2 aromatic rings. The highest BCUT2D eigenvalue weighted by Gasteiger charge is 2.18. The van der Waals surface area contributed by atoms with E-state index in [9.17, 15) is 9.59 Å². The molecule has 1 heterocycles. The molecule has 1 aromatic heterocycles. The number of anilines is 1. The molecule has 0 bridgehead atoms. The molecule has 98 valence electrons. The van der Waals surface area contributed by atoms with Crippen LogP contribution in [-0.4, -0.2) is 31.7 Å². The first-order chi connectivity index (χ1) is 9.09. The molecule has 2 rings (SSSR count). The summed E-state index contributed by atoms with van der Waals surface area (Å²) in [6.45, 7) is 1.65. The zero-order valence-electron chi connectivity index (χ0n) is 10.1. The number of rotatable bonds is 4. The molecule has 0 aliphatic heterocycles. The summed E-state index contributed by atoms with van der Waals surface area (Å²) in [4.78, 5) is 26.8. The van der Waals surface area contributed by atoms with Gasteiger partial charge in [0.25, 0.3) is 0 Å². The first-order valence-electron chi connectivity index (χ1n) is 5.57. The summed E-state index contributed by atoms with van der Waals surface area (Å²) in [7, 11) is 0. The molecule has 0 radical (unpaired) electrons. The first-order valence-corrected chi connectivity index (χ1v) is 5.57. The number of nitrogens with one attached hydrogen (secondary N) is 1. The number of carbonyl (C=O) groups is 2. The summed E-state index contributed by atoms with van der Waals surface area (Å²) in [6.07, 6.45) is 2.75. The molecule has 2 N–H and O–H groups in total. The van der Waals surface area contributed by atoms with Gasteiger partial charge in [-0.2, -0.15) is 5.10 Å². The fraction of sp³-hybridized carbons (Fsp3) is 0.167. The van der Waals surface area contributed by atoms with E-state index < -0.39 is 12.0 Å². The van der Waals surface area contributed by atoms with Crippen molar-refractivity contribution in [2.24, 2.45) is 0 Å². The van der Waals surface area contributed by atoms with E-state index in [4.69, 9.17) is 5.11 Å². The van der Waals surface area contributed by atoms with Crippen molar-refractivity contribution in [1.29, 1.82) is 0 Å². The van der Waals surface area contributed by atoms with E-state index in [-0.39, 0.29) is 17.2 Å². The molecule has 0 spiro atoms. The van der Waals surface area contributed by atoms with Crippen molar-refractivity contribution in [3.05, 3.63) is 42.5 Å². The zero-order chi connectivity index (χ0) is 13.8. The molecule has 1 unspecified atom stereocenters. The van der Waals surface area contributed by atoms with Crippen LogP contribution in [0.25, 0.3) is 0 Å². The lowest BCUT2D eigenvalue weighted by Gasteiger charge is -2.13. The molecule has 1 aromatic carbocycles. The van der Waals surface area contributed by atoms with Gasteiger partial charge in [-0.25, -0.2) is 14.5 Å². The highest BCUT2D eigenvalue weighted by atomic mass is 16.4. The Morgan fingerprint density at radius 1 is 1.37 bits per heavy atom. The number of aromatic carboxylic acids is 1. The van der Waals surface area contributed by atoms with Crippen LogP contribution in [0.5, 0.6) is 0 Å². The van der Waals surface area contributed by atoms with Crippen LogP contribution in [0, 0.1) is 0 Å². The fourth-order valence-electron chi connectivity index (χ4n) is 1.55. The second-order valence-electron chi connectivity index (χ2n) is 3.89. The minimum atomic E-state index is -1.09. The van der Waals surface area contributed by atoms with Crippen molar-refractivity contribution < 1.29 is 14.7 Å². The molecule has 0 saturated heterocycles. The minimum absolute atomic E-state index is 0.0432. The third-order valence-electron chi connectivity index (χ3n) is 2.63. The quantitative estimate of drug-likeness (QED) is 0.860. The largest absolute Gasteiger partial charge is 0.478 e. The van der Waals surface area contributed by atoms with Gasteiger partial charge in [-0.15, -0.1) is 0 Å². The highest BCUT2D eigenvalue weighted by Crippen LogP contribution is 2.16. The van der Waals surface area contributed by atoms with Crippen molar-refractivity contribution in [2.45, 2.75) is 13.0 Å². The minimum Gasteiger partial charge on any atom is -0.478 e. The molecule has 19 heavy (non-hydrogen) atoms. The monoisotopic (exact) mass is 260 g/mol. The van der Waals surface area contributed by atoms with Crippen molar-refractivity contribution in [1.82, 2.24) is 14.8 Å². The maximum absolute atomic E-state index is 12.0. The predicted octanol–water partition coefficient (Wildman–Crippen LogP) is 1.18. The van der Waals surface area contributed by atoms with E-state index in [0.717, 1.165) is 0 Å². The number of nitrogens with zero attached hydrogens (tertiary/aromatic N) is 3. The summed E-state index contributed by atoms with van der Waals surface area (Å²) in [5.41, 5.74) is 0.300. The molecule has 1 atom stereocenters. The fourth-order valence-corrected chi connectivity index (χ4v) is 1.55. The SMILES string of the molecule is CC(C(=O)Nc1ccccc1C(=O)O)n1cncn1. The van der Waals surface area contributed by atoms with Crippen LogP contribution < -0.4 is 5.32 Å². The van der Waals surface area contributed by atoms with Gasteiger partial charge in [-0.05, 0) is 19.1 Å². The Labute approximate surface area is 108 Å². The molecule has 7 nitrogen and oxygen atoms in total. The summed E-state index contributed by atoms with van der Waals surface area (Å²) < 4.78 is 1.39. The number of carboxylic acids is 1. The van der Waals surface area contributed by atoms with Crippen molar-refractivity contribution in [3.63, 3.8) is 0 Å². The van der Waals surface area contributed by atoms with Crippen molar-refractivity contribution in [3.8, 4) is 0 Å². The molecule has 0 aliphatic rings. The highest BCUT2D eigenvalue weighted by molar-refractivity contribution is 6.01. The Morgan fingerprint density at radius 3 is 2.74 bits per heavy atom. The smallest absolute Gasteiger partial charge is 0.337 e. The Balaban J connectivity index is 2.18. The van der Waals surface area contributed by atoms with Gasteiger partial charge < -0.3 is 10.4 Å². The van der Waals surface area contributed by atoms with Crippen LogP contribution >= 0.6 is 0 Å². The normalized spacial score (nSPS) is 11.8. The molecule has 1 amide bonds. The molecular formula is C12H12N4O3. The number of carbonyl (C=O) groups excluding carboxylic acids is 1. The van der Waals surface area contributed by atoms with Gasteiger partial charge in [-0.1, -0.05) is 12.1 Å². The van der Waals surface area contributed by atoms with Gasteiger partial charge in [0.1, 0.15) is 18.7 Å². The molecular weight excluding hydrogens is 248 g/mol. The van der Waals surface area contributed by atoms with E-state index in [1.54, 1.807) is 19.1 Å². The average molecular weight is 260 g/mol. The van der Waals surface area contributed by atoms with Crippen LogP contribution in [0.3, 0.4) is 0 Å². The molecule has 0 aliphatic carbocycles. The topological polar surface area (TPSA) is 97.1 Å². The Morgan fingerprint density at radius 2 is 2.11 bits per heavy atom. The summed E-state index contributed by atoms with van der Waals surface area (Å²) in [6, 6.07) is 5.64. The number of benzene rings is 1. The van der Waals surface area contributed by atoms with Crippen LogP contribution in [0.2, 0.25) is 0 Å². The maximum Gasteiger partial charge on any atom is 0.337 e. The first kappa shape index (κ1) is 12.7. The van der Waals surface area contributed by atoms with Crippen LogP contribution in [0.1, 0.15) is 23.3 Å². The maximum atomic E-state index is 12.0. The number of hydrogen-bond acceptors (Lipinski definition) is 4. The Bertz CT molecular complexity index is 595. The van der Waals surface area contributed by atoms with E-state index in [2.05, 4.69) is 15.4 Å². The third kappa shape index (κ3) is 2.76. The van der Waals surface area contributed by atoms with Crippen LogP contribution in [0.4, 0.5) is 5.69 Å². The van der Waals surface area contributed by atoms with Gasteiger partial charge in [0.2, 0.25) is 5.91 Å². The Kier molecular flexibility index (Phi) is 3.56. The lowest BCUT2D eigenvalue weighted by Crippen LogP contribution is -2.25. The van der Waals surface area contributed by atoms with Crippen molar-refractivity contribution >= 4 is 17.6 Å². The van der Waals surface area contributed by atoms with Crippen molar-refractivity contribution in [2.75, 3.05) is 5.32 Å². The summed E-state index contributed by atoms with van der Waals surface area (Å²) in [5.74, 6) is -1.46. The second kappa shape index (κ2) is 5.30. The van der Waals surface area contributed by atoms with Gasteiger partial charge >= 0.3 is 5.97 Å². The van der Waals surface area contributed by atoms with E-state index in [0.29, 0.717) is 0 Å². The van der Waals surface area contributed by atoms with Gasteiger partial charge in [0, 0.05) is 0 Å². The number of amides is 1. The summed E-state index contributed by atoms with van der Waals surface area (Å²) >= 11 is 0. The number of aromatic nitrogens is 3. The summed E-state index contributed by atoms with van der Waals surface area (Å²) in [5, 5.41) is 15.5. The zero-order valence-corrected chi connectivity index (χ0v) is 10.1. The lowest BCUT2D eigenvalue weighted by atomic mass is 10.1. The van der Waals surface area contributed by atoms with E-state index >= 15 is 0 Å². The van der Waals surface area contributed by atoms with E-state index in [1.807, 2.05) is 0 Å². The standard InChI is InChI=1S/C12H12N4O3/c1-8(16-7-13-6-14-16)11(17)15-10-5-3-2-4-9(10)12(18)19/h2-8H,1H3,(H,15,17)(H,18,19). The average Bonchev–Trinajstić information content (AvgIpc) is 2.92.